The molecular formula is C19H23FN2O2. The first kappa shape index (κ1) is 17.8. The number of rotatable bonds is 8. The molecule has 2 aromatic carbocycles. The highest BCUT2D eigenvalue weighted by Crippen LogP contribution is 2.18. The average molecular weight is 330 g/mol. The number of hydrogen-bond acceptors (Lipinski definition) is 3. The average Bonchev–Trinajstić information content (AvgIpc) is 2.55. The summed E-state index contributed by atoms with van der Waals surface area (Å²) in [6, 6.07) is 13.2. The summed E-state index contributed by atoms with van der Waals surface area (Å²) in [5, 5.41) is 5.75. The minimum Gasteiger partial charge on any atom is -0.494 e. The second-order valence-corrected chi connectivity index (χ2v) is 5.97. The molecule has 0 saturated heterocycles. The fraction of sp³-hybridized carbons (Fsp3) is 0.316. The molecule has 128 valence electrons. The van der Waals surface area contributed by atoms with Gasteiger partial charge in [-0.15, -0.1) is 0 Å². The Hall–Kier alpha value is -2.56. The van der Waals surface area contributed by atoms with E-state index in [1.165, 1.54) is 24.3 Å². The van der Waals surface area contributed by atoms with Crippen LogP contribution >= 0.6 is 0 Å². The van der Waals surface area contributed by atoms with E-state index in [2.05, 4.69) is 24.5 Å². The molecule has 1 amide bonds. The highest BCUT2D eigenvalue weighted by Gasteiger charge is 2.04. The summed E-state index contributed by atoms with van der Waals surface area (Å²) in [7, 11) is 0. The molecule has 0 aliphatic rings. The van der Waals surface area contributed by atoms with Crippen LogP contribution in [0, 0.1) is 11.7 Å². The monoisotopic (exact) mass is 330 g/mol. The first-order valence-corrected chi connectivity index (χ1v) is 8.05. The first-order chi connectivity index (χ1) is 11.5. The number of anilines is 2. The number of carbonyl (C=O) groups is 1. The van der Waals surface area contributed by atoms with Crippen LogP contribution in [0.1, 0.15) is 20.3 Å². The van der Waals surface area contributed by atoms with Gasteiger partial charge in [0.1, 0.15) is 11.6 Å². The Balaban J connectivity index is 1.80. The number of ether oxygens (including phenoxy) is 1. The Kier molecular flexibility index (Phi) is 6.61. The van der Waals surface area contributed by atoms with Gasteiger partial charge in [0.2, 0.25) is 5.91 Å². The van der Waals surface area contributed by atoms with Gasteiger partial charge in [0.25, 0.3) is 0 Å². The van der Waals surface area contributed by atoms with Crippen molar-refractivity contribution in [1.29, 1.82) is 0 Å². The van der Waals surface area contributed by atoms with Crippen LogP contribution in [0.5, 0.6) is 5.75 Å². The van der Waals surface area contributed by atoms with E-state index >= 15 is 0 Å². The van der Waals surface area contributed by atoms with Crippen molar-refractivity contribution in [3.8, 4) is 5.75 Å². The number of carbonyl (C=O) groups excluding carboxylic acids is 1. The van der Waals surface area contributed by atoms with Gasteiger partial charge in [-0.1, -0.05) is 19.9 Å². The van der Waals surface area contributed by atoms with Crippen LogP contribution in [0.3, 0.4) is 0 Å². The number of benzene rings is 2. The van der Waals surface area contributed by atoms with Gasteiger partial charge in [-0.3, -0.25) is 4.79 Å². The summed E-state index contributed by atoms with van der Waals surface area (Å²) in [4.78, 5) is 11.9. The lowest BCUT2D eigenvalue weighted by molar-refractivity contribution is -0.114. The van der Waals surface area contributed by atoms with Gasteiger partial charge in [-0.25, -0.2) is 4.39 Å². The Morgan fingerprint density at radius 1 is 1.12 bits per heavy atom. The third kappa shape index (κ3) is 6.28. The fourth-order valence-corrected chi connectivity index (χ4v) is 2.03. The lowest BCUT2D eigenvalue weighted by atomic mass is 10.1. The molecule has 2 rings (SSSR count). The topological polar surface area (TPSA) is 50.4 Å². The predicted molar refractivity (Wildman–Crippen MR) is 94.9 cm³/mol. The Labute approximate surface area is 142 Å². The van der Waals surface area contributed by atoms with Crippen LogP contribution in [0.25, 0.3) is 0 Å². The quantitative estimate of drug-likeness (QED) is 0.758. The molecule has 2 aromatic rings. The maximum absolute atomic E-state index is 12.8. The van der Waals surface area contributed by atoms with Crippen molar-refractivity contribution < 1.29 is 13.9 Å². The summed E-state index contributed by atoms with van der Waals surface area (Å²) in [5.74, 6) is 0.842. The largest absolute Gasteiger partial charge is 0.494 e. The number of amides is 1. The maximum atomic E-state index is 12.8. The normalized spacial score (nSPS) is 10.5. The van der Waals surface area contributed by atoms with Crippen LogP contribution in [0.2, 0.25) is 0 Å². The molecule has 24 heavy (non-hydrogen) atoms. The van der Waals surface area contributed by atoms with E-state index in [0.29, 0.717) is 18.2 Å². The summed E-state index contributed by atoms with van der Waals surface area (Å²) in [6.45, 7) is 5.10. The molecule has 0 aromatic heterocycles. The Bertz CT molecular complexity index is 657. The Morgan fingerprint density at radius 3 is 2.58 bits per heavy atom. The number of hydrogen-bond donors (Lipinski definition) is 2. The van der Waals surface area contributed by atoms with Gasteiger partial charge in [0.15, 0.2) is 0 Å². The molecule has 0 radical (unpaired) electrons. The van der Waals surface area contributed by atoms with Crippen LogP contribution in [-0.2, 0) is 4.79 Å². The predicted octanol–water partition coefficient (Wildman–Crippen LogP) is 4.30. The van der Waals surface area contributed by atoms with Gasteiger partial charge < -0.3 is 15.4 Å². The highest BCUT2D eigenvalue weighted by atomic mass is 19.1. The lowest BCUT2D eigenvalue weighted by Gasteiger charge is -2.11. The third-order valence-electron chi connectivity index (χ3n) is 3.38. The maximum Gasteiger partial charge on any atom is 0.243 e. The van der Waals surface area contributed by atoms with Crippen molar-refractivity contribution in [2.24, 2.45) is 5.92 Å². The molecule has 0 bridgehead atoms. The summed E-state index contributed by atoms with van der Waals surface area (Å²) in [5.41, 5.74) is 1.38. The van der Waals surface area contributed by atoms with E-state index in [0.717, 1.165) is 17.9 Å². The number of nitrogens with one attached hydrogen (secondary N) is 2. The van der Waals surface area contributed by atoms with Crippen molar-refractivity contribution in [3.63, 3.8) is 0 Å². The molecule has 5 heteroatoms. The zero-order chi connectivity index (χ0) is 17.4. The summed E-state index contributed by atoms with van der Waals surface area (Å²) < 4.78 is 18.5. The van der Waals surface area contributed by atoms with E-state index in [1.54, 1.807) is 0 Å². The molecule has 0 spiro atoms. The van der Waals surface area contributed by atoms with Crippen LogP contribution in [0.4, 0.5) is 15.8 Å². The van der Waals surface area contributed by atoms with Gasteiger partial charge >= 0.3 is 0 Å². The molecule has 4 nitrogen and oxygen atoms in total. The van der Waals surface area contributed by atoms with Crippen molar-refractivity contribution in [3.05, 3.63) is 54.3 Å². The molecule has 0 aliphatic heterocycles. The third-order valence-corrected chi connectivity index (χ3v) is 3.38. The first-order valence-electron chi connectivity index (χ1n) is 8.05. The summed E-state index contributed by atoms with van der Waals surface area (Å²) >= 11 is 0. The SMILES string of the molecule is CC(C)CCOc1cccc(NCC(=O)Nc2ccc(F)cc2)c1. The van der Waals surface area contributed by atoms with E-state index in [4.69, 9.17) is 4.74 Å². The fourth-order valence-electron chi connectivity index (χ4n) is 2.03. The standard InChI is InChI=1S/C19H23FN2O2/c1-14(2)10-11-24-18-5-3-4-17(12-18)21-13-19(23)22-16-8-6-15(20)7-9-16/h3-9,12,14,21H,10-11,13H2,1-2H3,(H,22,23). The second-order valence-electron chi connectivity index (χ2n) is 5.97. The van der Waals surface area contributed by atoms with Gasteiger partial charge in [0.05, 0.1) is 13.2 Å². The highest BCUT2D eigenvalue weighted by molar-refractivity contribution is 5.93. The lowest BCUT2D eigenvalue weighted by Crippen LogP contribution is -2.21. The van der Waals surface area contributed by atoms with Crippen molar-refractivity contribution in [1.82, 2.24) is 0 Å². The summed E-state index contributed by atoms with van der Waals surface area (Å²) in [6.07, 6.45) is 0.998. The zero-order valence-corrected chi connectivity index (χ0v) is 14.0. The number of halogens is 1. The van der Waals surface area contributed by atoms with E-state index in [-0.39, 0.29) is 18.3 Å². The molecule has 0 fully saturated rings. The van der Waals surface area contributed by atoms with Gasteiger partial charge in [-0.05, 0) is 48.7 Å². The van der Waals surface area contributed by atoms with Crippen LogP contribution < -0.4 is 15.4 Å². The molecule has 0 aliphatic carbocycles. The minimum absolute atomic E-state index is 0.118. The molecule has 0 saturated carbocycles. The van der Waals surface area contributed by atoms with Crippen LogP contribution in [0.15, 0.2) is 48.5 Å². The van der Waals surface area contributed by atoms with E-state index in [1.807, 2.05) is 24.3 Å². The Morgan fingerprint density at radius 2 is 1.88 bits per heavy atom. The molecule has 0 atom stereocenters. The smallest absolute Gasteiger partial charge is 0.243 e. The zero-order valence-electron chi connectivity index (χ0n) is 14.0. The molecular weight excluding hydrogens is 307 g/mol. The van der Waals surface area contributed by atoms with Gasteiger partial charge in [0, 0.05) is 17.4 Å². The van der Waals surface area contributed by atoms with Crippen molar-refractivity contribution >= 4 is 17.3 Å². The second kappa shape index (κ2) is 8.91. The molecule has 0 heterocycles. The molecule has 0 unspecified atom stereocenters. The minimum atomic E-state index is -0.333. The van der Waals surface area contributed by atoms with Crippen molar-refractivity contribution in [2.75, 3.05) is 23.8 Å². The van der Waals surface area contributed by atoms with E-state index in [9.17, 15) is 9.18 Å². The van der Waals surface area contributed by atoms with Crippen molar-refractivity contribution in [2.45, 2.75) is 20.3 Å². The molecule has 2 N–H and O–H groups in total. The van der Waals surface area contributed by atoms with E-state index < -0.39 is 0 Å². The van der Waals surface area contributed by atoms with Gasteiger partial charge in [-0.2, -0.15) is 0 Å². The van der Waals surface area contributed by atoms with Crippen LogP contribution in [-0.4, -0.2) is 19.1 Å².